The molecule has 4 aliphatic rings. The fourth-order valence-corrected chi connectivity index (χ4v) is 7.27. The molecule has 4 rings (SSSR count). The smallest absolute Gasteiger partial charge is 0.793 e. The molecule has 2 heterocycles. The van der Waals surface area contributed by atoms with Crippen molar-refractivity contribution in [3.8, 4) is 0 Å². The van der Waals surface area contributed by atoms with Gasteiger partial charge in [0.25, 0.3) is 0 Å². The van der Waals surface area contributed by atoms with Crippen LogP contribution in [-0.2, 0) is 43.1 Å². The Bertz CT molecular complexity index is 1220. The molecule has 0 spiro atoms. The van der Waals surface area contributed by atoms with Gasteiger partial charge in [0.15, 0.2) is 0 Å². The van der Waals surface area contributed by atoms with E-state index in [2.05, 4.69) is 53.6 Å². The standard InChI is InChI=1S/C18H34N2O2.C17H32N2O2.C4H6O4.C2H3BO2.CH2O.Na/c1-17(2,3)22-16(21)20-13-11-18(4,12-14-20)19(5)15-9-7-6-8-10-15;1-16(2,3)21-15(20)19-12-10-17(4,11-13-19)18-14-8-6-5-7-9-14;1-3(5)7-8-4(2)6;1-2(4)5-3;1-2;/h15H,6-14H2,1-5H3;14,18H,5-13H2,1-4H3;1-2H3;1H3;1H2;/q;;;-1;;+1. The monoisotopic (exact) mass is 848 g/mol. The van der Waals surface area contributed by atoms with Crippen LogP contribution in [0.25, 0.3) is 0 Å². The van der Waals surface area contributed by atoms with E-state index in [4.69, 9.17) is 14.3 Å². The summed E-state index contributed by atoms with van der Waals surface area (Å²) in [6.07, 6.45) is 17.3. The molecule has 0 bridgehead atoms. The molecule has 2 saturated heterocycles. The number of hydrogen-bond donors (Lipinski definition) is 1. The average Bonchev–Trinajstić information content (AvgIpc) is 3.15. The van der Waals surface area contributed by atoms with Crippen LogP contribution in [0.1, 0.15) is 166 Å². The van der Waals surface area contributed by atoms with E-state index in [0.717, 1.165) is 71.8 Å². The molecule has 2 aliphatic carbocycles. The Morgan fingerprint density at radius 2 is 0.983 bits per heavy atom. The van der Waals surface area contributed by atoms with E-state index < -0.39 is 29.1 Å². The predicted molar refractivity (Wildman–Crippen MR) is 224 cm³/mol. The van der Waals surface area contributed by atoms with Crippen molar-refractivity contribution in [2.45, 2.75) is 200 Å². The van der Waals surface area contributed by atoms with Gasteiger partial charge in [0.1, 0.15) is 18.0 Å². The third-order valence-corrected chi connectivity index (χ3v) is 10.6. The van der Waals surface area contributed by atoms with Crippen molar-refractivity contribution >= 4 is 44.9 Å². The maximum Gasteiger partial charge on any atom is 1.00 e. The van der Waals surface area contributed by atoms with Gasteiger partial charge in [0.2, 0.25) is 5.97 Å². The molecule has 4 fully saturated rings. The van der Waals surface area contributed by atoms with Gasteiger partial charge in [0, 0.05) is 70.1 Å². The summed E-state index contributed by atoms with van der Waals surface area (Å²) in [7, 11) is 6.61. The summed E-state index contributed by atoms with van der Waals surface area (Å²) in [5.41, 5.74) is -0.407. The second-order valence-corrected chi connectivity index (χ2v) is 18.1. The number of nitrogens with zero attached hydrogens (tertiary/aromatic N) is 3. The van der Waals surface area contributed by atoms with Crippen LogP contribution in [0.2, 0.25) is 0 Å². The number of amides is 2. The average molecular weight is 848 g/mol. The molecule has 0 aromatic rings. The summed E-state index contributed by atoms with van der Waals surface area (Å²) in [4.78, 5) is 75.4. The molecule has 15 nitrogen and oxygen atoms in total. The van der Waals surface area contributed by atoms with Crippen molar-refractivity contribution in [2.75, 3.05) is 33.2 Å². The van der Waals surface area contributed by atoms with Gasteiger partial charge in [-0.1, -0.05) is 38.5 Å². The van der Waals surface area contributed by atoms with E-state index in [-0.39, 0.29) is 52.8 Å². The van der Waals surface area contributed by atoms with Gasteiger partial charge in [-0.3, -0.25) is 9.69 Å². The van der Waals surface area contributed by atoms with Gasteiger partial charge in [-0.2, -0.15) is 0 Å². The third-order valence-electron chi connectivity index (χ3n) is 10.6. The second-order valence-electron chi connectivity index (χ2n) is 18.1. The number of ether oxygens (including phenoxy) is 2. The van der Waals surface area contributed by atoms with Crippen LogP contribution in [0.4, 0.5) is 9.59 Å². The molecular formula is C42H77BN4NaO11. The molecule has 0 aromatic carbocycles. The Balaban J connectivity index is 0. The summed E-state index contributed by atoms with van der Waals surface area (Å²) in [5, 5.41) is 3.86. The zero-order chi connectivity index (χ0) is 44.7. The minimum atomic E-state index is -0.639. The second kappa shape index (κ2) is 29.0. The minimum Gasteiger partial charge on any atom is -0.793 e. The van der Waals surface area contributed by atoms with Crippen molar-refractivity contribution in [3.63, 3.8) is 0 Å². The van der Waals surface area contributed by atoms with E-state index in [9.17, 15) is 24.0 Å². The Morgan fingerprint density at radius 3 is 1.31 bits per heavy atom. The molecule has 17 heteroatoms. The number of rotatable bonds is 4. The first-order valence-electron chi connectivity index (χ1n) is 20.9. The van der Waals surface area contributed by atoms with Crippen LogP contribution >= 0.6 is 0 Å². The number of likely N-dealkylation sites (tertiary alicyclic amines) is 2. The van der Waals surface area contributed by atoms with E-state index >= 15 is 0 Å². The van der Waals surface area contributed by atoms with Crippen LogP contribution in [-0.4, -0.2) is 127 Å². The first-order chi connectivity index (χ1) is 26.9. The Hall–Kier alpha value is -2.40. The molecular weight excluding hydrogens is 770 g/mol. The summed E-state index contributed by atoms with van der Waals surface area (Å²) in [6.45, 7) is 25.0. The van der Waals surface area contributed by atoms with Gasteiger partial charge in [0.05, 0.1) is 0 Å². The summed E-state index contributed by atoms with van der Waals surface area (Å²) in [5.74, 6) is -1.74. The van der Waals surface area contributed by atoms with Gasteiger partial charge >= 0.3 is 53.7 Å². The number of hydrogen-bond acceptors (Lipinski definition) is 13. The normalized spacial score (nSPS) is 19.0. The third kappa shape index (κ3) is 26.5. The van der Waals surface area contributed by atoms with Crippen molar-refractivity contribution < 1.29 is 82.2 Å². The fourth-order valence-electron chi connectivity index (χ4n) is 7.27. The molecule has 2 amide bonds. The van der Waals surface area contributed by atoms with Crippen LogP contribution in [0, 0.1) is 0 Å². The van der Waals surface area contributed by atoms with Crippen LogP contribution < -0.4 is 34.9 Å². The Morgan fingerprint density at radius 1 is 0.644 bits per heavy atom. The zero-order valence-electron chi connectivity index (χ0n) is 39.0. The fraction of sp³-hybridized carbons (Fsp3) is 0.857. The topological polar surface area (TPSA) is 170 Å². The van der Waals surface area contributed by atoms with Crippen molar-refractivity contribution in [2.24, 2.45) is 0 Å². The molecule has 2 aliphatic heterocycles. The van der Waals surface area contributed by atoms with Crippen molar-refractivity contribution in [1.29, 1.82) is 0 Å². The van der Waals surface area contributed by atoms with E-state index in [1.165, 1.54) is 71.1 Å². The number of carbonyl (C=O) groups is 6. The van der Waals surface area contributed by atoms with Crippen molar-refractivity contribution in [3.05, 3.63) is 0 Å². The van der Waals surface area contributed by atoms with E-state index in [1.54, 1.807) is 0 Å². The zero-order valence-corrected chi connectivity index (χ0v) is 41.0. The maximum atomic E-state index is 12.2. The predicted octanol–water partition coefficient (Wildman–Crippen LogP) is 4.22. The van der Waals surface area contributed by atoms with Crippen LogP contribution in [0.5, 0.6) is 0 Å². The number of carbonyl (C=O) groups excluding carboxylic acids is 6. The first-order valence-corrected chi connectivity index (χ1v) is 20.9. The number of piperidine rings is 2. The Labute approximate surface area is 379 Å². The van der Waals surface area contributed by atoms with Gasteiger partial charge in [-0.25, -0.2) is 29.0 Å². The van der Waals surface area contributed by atoms with E-state index in [1.807, 2.05) is 58.1 Å². The van der Waals surface area contributed by atoms with Crippen molar-refractivity contribution in [1.82, 2.24) is 20.0 Å². The molecule has 1 N–H and O–H groups in total. The minimum absolute atomic E-state index is 0. The van der Waals surface area contributed by atoms with Crippen LogP contribution in [0.3, 0.4) is 0 Å². The van der Waals surface area contributed by atoms with Gasteiger partial charge < -0.3 is 42.1 Å². The largest absolute Gasteiger partial charge is 1.00 e. The summed E-state index contributed by atoms with van der Waals surface area (Å²) >= 11 is 0. The molecule has 0 aromatic heterocycles. The molecule has 2 saturated carbocycles. The maximum absolute atomic E-state index is 12.2. The van der Waals surface area contributed by atoms with Gasteiger partial charge in [-0.05, 0) is 114 Å². The molecule has 59 heavy (non-hydrogen) atoms. The SMILES string of the molecule is C=O.CC(=O)OOC(C)=O.CC1(NC2CCCCC2)CCN(C(=O)OC(C)(C)C)CC1.CN(C1CCCCC1)C1(C)CCN(C(=O)OC(C)(C)C)CC1.[B-]OC(C)=O.[Na+]. The van der Waals surface area contributed by atoms with E-state index in [0.29, 0.717) is 6.04 Å². The first kappa shape index (κ1) is 58.7. The summed E-state index contributed by atoms with van der Waals surface area (Å²) < 4.78 is 14.6. The summed E-state index contributed by atoms with van der Waals surface area (Å²) in [6, 6.07) is 1.41. The quantitative estimate of drug-likeness (QED) is 0.243. The van der Waals surface area contributed by atoms with Gasteiger partial charge in [-0.15, -0.1) is 0 Å². The molecule has 3 radical (unpaired) electrons. The molecule has 335 valence electrons. The number of nitrogens with one attached hydrogen (secondary N) is 1. The van der Waals surface area contributed by atoms with Crippen LogP contribution in [0.15, 0.2) is 0 Å². The molecule has 0 unspecified atom stereocenters. The Kier molecular flexibility index (Phi) is 28.9. The molecule has 0 atom stereocenters.